The van der Waals surface area contributed by atoms with Gasteiger partial charge in [0.15, 0.2) is 6.10 Å². The largest absolute Gasteiger partial charge is 0.497 e. The van der Waals surface area contributed by atoms with E-state index in [0.29, 0.717) is 11.3 Å². The third-order valence-corrected chi connectivity index (χ3v) is 4.81. The molecular weight excluding hydrogens is 318 g/mol. The highest BCUT2D eigenvalue weighted by Gasteiger charge is 2.42. The summed E-state index contributed by atoms with van der Waals surface area (Å²) < 4.78 is 11.2. The average Bonchev–Trinajstić information content (AvgIpc) is 2.66. The van der Waals surface area contributed by atoms with Gasteiger partial charge in [0, 0.05) is 7.05 Å². The number of morpholine rings is 1. The quantitative estimate of drug-likeness (QED) is 0.929. The molecule has 4 unspecified atom stereocenters. The molecule has 1 heterocycles. The van der Waals surface area contributed by atoms with Crippen LogP contribution in [0.5, 0.6) is 5.75 Å². The highest BCUT2D eigenvalue weighted by molar-refractivity contribution is 5.82. The molecule has 2 aromatic carbocycles. The smallest absolute Gasteiger partial charge is 0.254 e. The van der Waals surface area contributed by atoms with Gasteiger partial charge in [0.2, 0.25) is 0 Å². The number of rotatable bonds is 4. The second-order valence-electron chi connectivity index (χ2n) is 6.30. The maximum absolute atomic E-state index is 12.7. The van der Waals surface area contributed by atoms with Crippen molar-refractivity contribution in [3.05, 3.63) is 65.7 Å². The highest BCUT2D eigenvalue weighted by Crippen LogP contribution is 2.35. The van der Waals surface area contributed by atoms with Crippen LogP contribution in [0.3, 0.4) is 0 Å². The number of carbonyl (C=O) groups is 1. The lowest BCUT2D eigenvalue weighted by Crippen LogP contribution is -2.53. The van der Waals surface area contributed by atoms with Gasteiger partial charge in [-0.05, 0) is 30.2 Å². The molecule has 0 aromatic heterocycles. The highest BCUT2D eigenvalue weighted by atomic mass is 16.5. The molecule has 1 aliphatic rings. The molecule has 25 heavy (non-hydrogen) atoms. The number of hydrogen-bond acceptors (Lipinski definition) is 4. The second kappa shape index (κ2) is 7.25. The predicted octanol–water partition coefficient (Wildman–Crippen LogP) is 2.72. The zero-order chi connectivity index (χ0) is 18.0. The first-order valence-corrected chi connectivity index (χ1v) is 8.32. The summed E-state index contributed by atoms with van der Waals surface area (Å²) in [5.74, 6) is 0.475. The molecule has 1 fully saturated rings. The van der Waals surface area contributed by atoms with Crippen molar-refractivity contribution in [2.45, 2.75) is 31.3 Å². The summed E-state index contributed by atoms with van der Waals surface area (Å²) >= 11 is 0. The van der Waals surface area contributed by atoms with Crippen molar-refractivity contribution in [1.82, 2.24) is 4.90 Å². The molecule has 3 rings (SSSR count). The van der Waals surface area contributed by atoms with Gasteiger partial charge in [0.05, 0.1) is 13.2 Å². The lowest BCUT2D eigenvalue weighted by atomic mass is 9.96. The molecule has 0 saturated carbocycles. The maximum atomic E-state index is 12.7. The van der Waals surface area contributed by atoms with Crippen LogP contribution in [0.25, 0.3) is 0 Å². The van der Waals surface area contributed by atoms with Gasteiger partial charge in [-0.3, -0.25) is 4.79 Å². The Balaban J connectivity index is 1.87. The summed E-state index contributed by atoms with van der Waals surface area (Å²) in [7, 11) is 3.33. The van der Waals surface area contributed by atoms with Crippen LogP contribution in [0.4, 0.5) is 0 Å². The number of aliphatic hydroxyl groups excluding tert-OH is 1. The van der Waals surface area contributed by atoms with Crippen LogP contribution in [0.1, 0.15) is 30.3 Å². The molecule has 1 amide bonds. The summed E-state index contributed by atoms with van der Waals surface area (Å²) in [6.45, 7) is 1.95. The Bertz CT molecular complexity index is 716. The van der Waals surface area contributed by atoms with E-state index in [0.717, 1.165) is 5.56 Å². The third kappa shape index (κ3) is 3.38. The molecular formula is C20H23NO4. The number of ether oxygens (including phenoxy) is 2. The number of carbonyl (C=O) groups excluding carboxylic acids is 1. The molecule has 5 nitrogen and oxygen atoms in total. The van der Waals surface area contributed by atoms with E-state index in [9.17, 15) is 9.90 Å². The number of aliphatic hydroxyl groups is 1. The molecule has 4 atom stereocenters. The van der Waals surface area contributed by atoms with E-state index in [1.807, 2.05) is 37.3 Å². The van der Waals surface area contributed by atoms with Crippen LogP contribution in [0.15, 0.2) is 54.6 Å². The van der Waals surface area contributed by atoms with Crippen molar-refractivity contribution in [3.8, 4) is 5.75 Å². The van der Waals surface area contributed by atoms with Gasteiger partial charge in [0.1, 0.15) is 18.0 Å². The van der Waals surface area contributed by atoms with Crippen LogP contribution >= 0.6 is 0 Å². The van der Waals surface area contributed by atoms with E-state index < -0.39 is 12.2 Å². The first-order chi connectivity index (χ1) is 12.0. The van der Waals surface area contributed by atoms with Gasteiger partial charge in [-0.15, -0.1) is 0 Å². The summed E-state index contributed by atoms with van der Waals surface area (Å²) in [6.07, 6.45) is -2.28. The summed E-state index contributed by atoms with van der Waals surface area (Å²) in [5, 5.41) is 10.7. The Morgan fingerprint density at radius 3 is 2.36 bits per heavy atom. The summed E-state index contributed by atoms with van der Waals surface area (Å²) in [5.41, 5.74) is 1.61. The van der Waals surface area contributed by atoms with Gasteiger partial charge in [0.25, 0.3) is 5.91 Å². The number of likely N-dealkylation sites (N-methyl/N-ethyl adjacent to an activating group) is 1. The molecule has 1 saturated heterocycles. The van der Waals surface area contributed by atoms with Crippen molar-refractivity contribution in [2.75, 3.05) is 14.2 Å². The average molecular weight is 341 g/mol. The second-order valence-corrected chi connectivity index (χ2v) is 6.30. The lowest BCUT2D eigenvalue weighted by molar-refractivity contribution is -0.183. The van der Waals surface area contributed by atoms with E-state index in [4.69, 9.17) is 9.47 Å². The van der Waals surface area contributed by atoms with Crippen LogP contribution in [0, 0.1) is 0 Å². The van der Waals surface area contributed by atoms with Crippen molar-refractivity contribution >= 4 is 5.91 Å². The standard InChI is InChI=1S/C20H23NO4/c1-13-18(15-7-5-4-6-8-15)25-19(20(23)21(13)2)17(22)14-9-11-16(24-3)12-10-14/h4-13,17-19,22H,1-3H3. The fourth-order valence-electron chi connectivity index (χ4n) is 3.12. The zero-order valence-electron chi connectivity index (χ0n) is 14.6. The Kier molecular flexibility index (Phi) is 5.06. The number of methoxy groups -OCH3 is 1. The minimum atomic E-state index is -1.04. The number of hydrogen-bond donors (Lipinski definition) is 1. The van der Waals surface area contributed by atoms with E-state index in [-0.39, 0.29) is 18.1 Å². The number of amides is 1. The van der Waals surface area contributed by atoms with Crippen molar-refractivity contribution in [2.24, 2.45) is 0 Å². The van der Waals surface area contributed by atoms with E-state index in [1.165, 1.54) is 0 Å². The zero-order valence-corrected chi connectivity index (χ0v) is 14.6. The SMILES string of the molecule is COc1ccc(C(O)C2OC(c3ccccc3)C(C)N(C)C2=O)cc1. The van der Waals surface area contributed by atoms with Crippen molar-refractivity contribution < 1.29 is 19.4 Å². The molecule has 5 heteroatoms. The van der Waals surface area contributed by atoms with Crippen LogP contribution < -0.4 is 4.74 Å². The maximum Gasteiger partial charge on any atom is 0.254 e. The fourth-order valence-corrected chi connectivity index (χ4v) is 3.12. The monoisotopic (exact) mass is 341 g/mol. The molecule has 1 N–H and O–H groups in total. The molecule has 0 spiro atoms. The van der Waals surface area contributed by atoms with Crippen LogP contribution in [-0.4, -0.2) is 42.2 Å². The van der Waals surface area contributed by atoms with Gasteiger partial charge >= 0.3 is 0 Å². The van der Waals surface area contributed by atoms with E-state index >= 15 is 0 Å². The van der Waals surface area contributed by atoms with E-state index in [2.05, 4.69) is 0 Å². The predicted molar refractivity (Wildman–Crippen MR) is 94.2 cm³/mol. The Labute approximate surface area is 147 Å². The van der Waals surface area contributed by atoms with Gasteiger partial charge < -0.3 is 19.5 Å². The minimum Gasteiger partial charge on any atom is -0.497 e. The first kappa shape index (κ1) is 17.5. The van der Waals surface area contributed by atoms with Gasteiger partial charge in [-0.1, -0.05) is 42.5 Å². The molecule has 132 valence electrons. The Morgan fingerprint density at radius 1 is 1.12 bits per heavy atom. The first-order valence-electron chi connectivity index (χ1n) is 8.32. The number of nitrogens with zero attached hydrogens (tertiary/aromatic N) is 1. The van der Waals surface area contributed by atoms with Crippen LogP contribution in [0.2, 0.25) is 0 Å². The molecule has 0 bridgehead atoms. The normalized spacial score (nSPS) is 24.9. The molecule has 0 radical (unpaired) electrons. The van der Waals surface area contributed by atoms with Gasteiger partial charge in [-0.25, -0.2) is 0 Å². The number of benzene rings is 2. The fraction of sp³-hybridized carbons (Fsp3) is 0.350. The third-order valence-electron chi connectivity index (χ3n) is 4.81. The molecule has 0 aliphatic carbocycles. The van der Waals surface area contributed by atoms with Gasteiger partial charge in [-0.2, -0.15) is 0 Å². The van der Waals surface area contributed by atoms with E-state index in [1.54, 1.807) is 43.3 Å². The summed E-state index contributed by atoms with van der Waals surface area (Å²) in [6, 6.07) is 16.7. The van der Waals surface area contributed by atoms with Crippen LogP contribution in [-0.2, 0) is 9.53 Å². The molecule has 1 aliphatic heterocycles. The lowest BCUT2D eigenvalue weighted by Gasteiger charge is -2.42. The topological polar surface area (TPSA) is 59.0 Å². The minimum absolute atomic E-state index is 0.116. The Hall–Kier alpha value is -2.37. The summed E-state index contributed by atoms with van der Waals surface area (Å²) in [4.78, 5) is 14.3. The van der Waals surface area contributed by atoms with Crippen molar-refractivity contribution in [1.29, 1.82) is 0 Å². The van der Waals surface area contributed by atoms with Crippen molar-refractivity contribution in [3.63, 3.8) is 0 Å². The molecule has 2 aromatic rings. The Morgan fingerprint density at radius 2 is 1.76 bits per heavy atom.